The number of aliphatic imine (C=N–C) groups is 1. The number of likely N-dealkylation sites (tertiary alicyclic amines) is 1. The van der Waals surface area contributed by atoms with Crippen molar-refractivity contribution >= 4 is 11.9 Å². The lowest BCUT2D eigenvalue weighted by molar-refractivity contribution is -0.132. The van der Waals surface area contributed by atoms with E-state index < -0.39 is 0 Å². The van der Waals surface area contributed by atoms with Crippen LogP contribution in [0.4, 0.5) is 4.39 Å². The molecule has 1 amide bonds. The zero-order valence-electron chi connectivity index (χ0n) is 17.2. The number of carbonyl (C=O) groups is 1. The minimum Gasteiger partial charge on any atom is -0.489 e. The molecule has 2 unspecified atom stereocenters. The van der Waals surface area contributed by atoms with Crippen LogP contribution in [0.5, 0.6) is 5.75 Å². The monoisotopic (exact) mass is 392 g/mol. The summed E-state index contributed by atoms with van der Waals surface area (Å²) in [5.74, 6) is 1.60. The van der Waals surface area contributed by atoms with Gasteiger partial charge < -0.3 is 20.3 Å². The third-order valence-electron chi connectivity index (χ3n) is 4.92. The van der Waals surface area contributed by atoms with Crippen LogP contribution in [-0.4, -0.2) is 56.1 Å². The van der Waals surface area contributed by atoms with Gasteiger partial charge in [-0.05, 0) is 37.3 Å². The maximum atomic E-state index is 13.3. The first-order valence-electron chi connectivity index (χ1n) is 10.2. The maximum absolute atomic E-state index is 13.3. The molecule has 1 fully saturated rings. The minimum atomic E-state index is -0.314. The van der Waals surface area contributed by atoms with Crippen LogP contribution in [0.25, 0.3) is 0 Å². The summed E-state index contributed by atoms with van der Waals surface area (Å²) in [4.78, 5) is 18.5. The molecule has 2 rings (SSSR count). The Morgan fingerprint density at radius 2 is 2.25 bits per heavy atom. The lowest BCUT2D eigenvalue weighted by Gasteiger charge is -2.31. The molecule has 0 aromatic heterocycles. The average Bonchev–Trinajstić information content (AvgIpc) is 2.69. The first-order chi connectivity index (χ1) is 13.5. The zero-order chi connectivity index (χ0) is 20.4. The molecular weight excluding hydrogens is 359 g/mol. The first kappa shape index (κ1) is 22.0. The number of carbonyl (C=O) groups excluding carboxylic acids is 1. The molecule has 156 valence electrons. The van der Waals surface area contributed by atoms with Crippen molar-refractivity contribution < 1.29 is 13.9 Å². The fraction of sp³-hybridized carbons (Fsp3) is 0.619. The Morgan fingerprint density at radius 3 is 2.93 bits per heavy atom. The van der Waals surface area contributed by atoms with Crippen LogP contribution in [0.15, 0.2) is 29.3 Å². The van der Waals surface area contributed by atoms with E-state index in [-0.39, 0.29) is 17.8 Å². The normalized spacial score (nSPS) is 18.5. The van der Waals surface area contributed by atoms with E-state index in [1.165, 1.54) is 18.6 Å². The number of nitrogens with one attached hydrogen (secondary N) is 2. The van der Waals surface area contributed by atoms with Gasteiger partial charge in [0.05, 0.1) is 6.54 Å². The van der Waals surface area contributed by atoms with Crippen molar-refractivity contribution in [3.8, 4) is 5.75 Å². The molecule has 1 aliphatic heterocycles. The number of hydrogen-bond donors (Lipinski definition) is 2. The van der Waals surface area contributed by atoms with E-state index in [1.54, 1.807) is 19.2 Å². The van der Waals surface area contributed by atoms with Gasteiger partial charge in [-0.2, -0.15) is 0 Å². The fourth-order valence-corrected chi connectivity index (χ4v) is 3.30. The van der Waals surface area contributed by atoms with Crippen molar-refractivity contribution in [1.29, 1.82) is 0 Å². The average molecular weight is 393 g/mol. The smallest absolute Gasteiger partial charge is 0.224 e. The van der Waals surface area contributed by atoms with Gasteiger partial charge in [0, 0.05) is 39.2 Å². The zero-order valence-corrected chi connectivity index (χ0v) is 17.2. The molecule has 0 saturated carbocycles. The van der Waals surface area contributed by atoms with Gasteiger partial charge in [-0.3, -0.25) is 9.79 Å². The summed E-state index contributed by atoms with van der Waals surface area (Å²) in [5, 5.41) is 6.39. The topological polar surface area (TPSA) is 66.0 Å². The summed E-state index contributed by atoms with van der Waals surface area (Å²) in [6.07, 6.45) is 3.40. The number of piperidine rings is 1. The highest BCUT2D eigenvalue weighted by atomic mass is 19.1. The molecule has 0 bridgehead atoms. The second kappa shape index (κ2) is 11.5. The molecule has 2 atom stereocenters. The van der Waals surface area contributed by atoms with Gasteiger partial charge in [0.2, 0.25) is 5.91 Å². The van der Waals surface area contributed by atoms with Crippen LogP contribution in [0.3, 0.4) is 0 Å². The number of halogens is 1. The Morgan fingerprint density at radius 1 is 1.43 bits per heavy atom. The molecule has 1 saturated heterocycles. The molecule has 0 spiro atoms. The van der Waals surface area contributed by atoms with Gasteiger partial charge in [0.1, 0.15) is 17.7 Å². The number of guanidine groups is 1. The standard InChI is InChI=1S/C21H33FN4O2/c1-4-18(28-19-9-5-8-17(22)13-19)14-25-21(23-3)24-11-10-20(27)26-12-6-7-16(2)15-26/h5,8-9,13,16,18H,4,6-7,10-12,14-15H2,1-3H3,(H2,23,24,25). The number of benzene rings is 1. The molecular formula is C21H33FN4O2. The Kier molecular flexibility index (Phi) is 9.04. The van der Waals surface area contributed by atoms with Gasteiger partial charge in [-0.15, -0.1) is 0 Å². The minimum absolute atomic E-state index is 0.114. The van der Waals surface area contributed by atoms with Gasteiger partial charge >= 0.3 is 0 Å². The molecule has 1 aromatic carbocycles. The molecule has 0 aliphatic carbocycles. The summed E-state index contributed by atoms with van der Waals surface area (Å²) in [6, 6.07) is 6.14. The van der Waals surface area contributed by atoms with Crippen molar-refractivity contribution in [2.75, 3.05) is 33.2 Å². The van der Waals surface area contributed by atoms with Gasteiger partial charge in [0.25, 0.3) is 0 Å². The summed E-state index contributed by atoms with van der Waals surface area (Å²) in [5.41, 5.74) is 0. The third kappa shape index (κ3) is 7.37. The highest BCUT2D eigenvalue weighted by Crippen LogP contribution is 2.16. The van der Waals surface area contributed by atoms with E-state index in [4.69, 9.17) is 4.74 Å². The number of hydrogen-bond acceptors (Lipinski definition) is 3. The predicted molar refractivity (Wildman–Crippen MR) is 110 cm³/mol. The Balaban J connectivity index is 1.71. The number of amides is 1. The summed E-state index contributed by atoms with van der Waals surface area (Å²) >= 11 is 0. The maximum Gasteiger partial charge on any atom is 0.224 e. The summed E-state index contributed by atoms with van der Waals surface area (Å²) in [7, 11) is 1.69. The summed E-state index contributed by atoms with van der Waals surface area (Å²) in [6.45, 7) is 7.00. The Labute approximate surface area is 167 Å². The lowest BCUT2D eigenvalue weighted by Crippen LogP contribution is -2.44. The predicted octanol–water partition coefficient (Wildman–Crippen LogP) is 2.80. The van der Waals surface area contributed by atoms with Gasteiger partial charge in [-0.1, -0.05) is 19.9 Å². The molecule has 0 radical (unpaired) electrons. The van der Waals surface area contributed by atoms with Crippen molar-refractivity contribution in [2.45, 2.75) is 45.6 Å². The second-order valence-corrected chi connectivity index (χ2v) is 7.32. The quantitative estimate of drug-likeness (QED) is 0.527. The lowest BCUT2D eigenvalue weighted by atomic mass is 10.00. The van der Waals surface area contributed by atoms with Crippen molar-refractivity contribution in [1.82, 2.24) is 15.5 Å². The van der Waals surface area contributed by atoms with E-state index in [2.05, 4.69) is 22.5 Å². The fourth-order valence-electron chi connectivity index (χ4n) is 3.30. The van der Waals surface area contributed by atoms with E-state index >= 15 is 0 Å². The number of rotatable bonds is 8. The van der Waals surface area contributed by atoms with Crippen LogP contribution in [-0.2, 0) is 4.79 Å². The van der Waals surface area contributed by atoms with Crippen molar-refractivity contribution in [3.63, 3.8) is 0 Å². The number of nitrogens with zero attached hydrogens (tertiary/aromatic N) is 2. The van der Waals surface area contributed by atoms with E-state index in [1.807, 2.05) is 11.8 Å². The second-order valence-electron chi connectivity index (χ2n) is 7.32. The Bertz CT molecular complexity index is 653. The SMILES string of the molecule is CCC(CNC(=NC)NCCC(=O)N1CCCC(C)C1)Oc1cccc(F)c1. The van der Waals surface area contributed by atoms with Gasteiger partial charge in [-0.25, -0.2) is 4.39 Å². The molecule has 7 heteroatoms. The Hall–Kier alpha value is -2.31. The van der Waals surface area contributed by atoms with Crippen molar-refractivity contribution in [3.05, 3.63) is 30.1 Å². The van der Waals surface area contributed by atoms with E-state index in [0.717, 1.165) is 25.9 Å². The van der Waals surface area contributed by atoms with Crippen molar-refractivity contribution in [2.24, 2.45) is 10.9 Å². The molecule has 1 aliphatic rings. The van der Waals surface area contributed by atoms with E-state index in [0.29, 0.717) is 37.1 Å². The van der Waals surface area contributed by atoms with Crippen LogP contribution in [0, 0.1) is 11.7 Å². The molecule has 1 aromatic rings. The molecule has 6 nitrogen and oxygen atoms in total. The highest BCUT2D eigenvalue weighted by molar-refractivity contribution is 5.81. The van der Waals surface area contributed by atoms with Crippen LogP contribution in [0.1, 0.15) is 39.5 Å². The molecule has 28 heavy (non-hydrogen) atoms. The highest BCUT2D eigenvalue weighted by Gasteiger charge is 2.20. The molecule has 2 N–H and O–H groups in total. The summed E-state index contributed by atoms with van der Waals surface area (Å²) < 4.78 is 19.1. The van der Waals surface area contributed by atoms with E-state index in [9.17, 15) is 9.18 Å². The van der Waals surface area contributed by atoms with Crippen LogP contribution < -0.4 is 15.4 Å². The van der Waals surface area contributed by atoms with Crippen LogP contribution >= 0.6 is 0 Å². The third-order valence-corrected chi connectivity index (χ3v) is 4.92. The van der Waals surface area contributed by atoms with Crippen LogP contribution in [0.2, 0.25) is 0 Å². The van der Waals surface area contributed by atoms with Gasteiger partial charge in [0.15, 0.2) is 5.96 Å². The largest absolute Gasteiger partial charge is 0.489 e. The number of ether oxygens (including phenoxy) is 1. The molecule has 1 heterocycles. The first-order valence-corrected chi connectivity index (χ1v) is 10.2.